The number of para-hydroxylation sites is 1. The maximum Gasteiger partial charge on any atom is 0.220 e. The molecule has 0 aliphatic carbocycles. The molecule has 2 aromatic carbocycles. The van der Waals surface area contributed by atoms with Crippen LogP contribution in [0.3, 0.4) is 0 Å². The molecule has 2 aromatic rings. The first-order valence-corrected chi connectivity index (χ1v) is 9.82. The lowest BCUT2D eigenvalue weighted by Crippen LogP contribution is -2.56. The van der Waals surface area contributed by atoms with Gasteiger partial charge < -0.3 is 10.1 Å². The van der Waals surface area contributed by atoms with E-state index >= 15 is 0 Å². The van der Waals surface area contributed by atoms with E-state index in [0.29, 0.717) is 12.3 Å². The van der Waals surface area contributed by atoms with Crippen LogP contribution in [0, 0.1) is 6.92 Å². The molecule has 4 nitrogen and oxygen atoms in total. The quantitative estimate of drug-likeness (QED) is 0.901. The number of likely N-dealkylation sites (tertiary alicyclic amines) is 1. The molecular formula is C23H28N2O2. The van der Waals surface area contributed by atoms with Gasteiger partial charge >= 0.3 is 0 Å². The Hall–Kier alpha value is -2.33. The number of carbonyl (C=O) groups excluding carboxylic acids is 1. The molecule has 1 spiro atoms. The number of hydrogen-bond donors (Lipinski definition) is 1. The first-order chi connectivity index (χ1) is 13.1. The number of ether oxygens (including phenoxy) is 1. The highest BCUT2D eigenvalue weighted by atomic mass is 16.5. The molecule has 0 unspecified atom stereocenters. The fourth-order valence-corrected chi connectivity index (χ4v) is 4.95. The van der Waals surface area contributed by atoms with Gasteiger partial charge in [0.25, 0.3) is 0 Å². The van der Waals surface area contributed by atoms with Gasteiger partial charge in [-0.3, -0.25) is 9.69 Å². The van der Waals surface area contributed by atoms with Crippen LogP contribution >= 0.6 is 0 Å². The van der Waals surface area contributed by atoms with Crippen LogP contribution in [0.2, 0.25) is 0 Å². The third-order valence-corrected chi connectivity index (χ3v) is 6.12. The fourth-order valence-electron chi connectivity index (χ4n) is 4.95. The van der Waals surface area contributed by atoms with Gasteiger partial charge in [-0.25, -0.2) is 0 Å². The summed E-state index contributed by atoms with van der Waals surface area (Å²) in [5.41, 5.74) is 3.53. The number of nitrogens with zero attached hydrogens (tertiary/aromatic N) is 1. The third kappa shape index (κ3) is 3.46. The zero-order valence-electron chi connectivity index (χ0n) is 16.2. The summed E-state index contributed by atoms with van der Waals surface area (Å²) in [6.07, 6.45) is 2.66. The van der Waals surface area contributed by atoms with Crippen molar-refractivity contribution in [3.63, 3.8) is 0 Å². The fraction of sp³-hybridized carbons (Fsp3) is 0.435. The van der Waals surface area contributed by atoms with Gasteiger partial charge in [-0.1, -0.05) is 48.5 Å². The molecule has 4 heteroatoms. The highest BCUT2D eigenvalue weighted by molar-refractivity contribution is 5.78. The number of piperidine rings is 1. The van der Waals surface area contributed by atoms with Gasteiger partial charge in [0, 0.05) is 37.5 Å². The minimum absolute atomic E-state index is 0.159. The highest BCUT2D eigenvalue weighted by Gasteiger charge is 2.49. The lowest BCUT2D eigenvalue weighted by Gasteiger charge is -2.39. The molecule has 2 saturated heterocycles. The van der Waals surface area contributed by atoms with Gasteiger partial charge in [0.1, 0.15) is 5.75 Å². The highest BCUT2D eigenvalue weighted by Crippen LogP contribution is 2.42. The molecule has 27 heavy (non-hydrogen) atoms. The molecule has 2 heterocycles. The first-order valence-electron chi connectivity index (χ1n) is 9.82. The minimum Gasteiger partial charge on any atom is -0.496 e. The van der Waals surface area contributed by atoms with E-state index in [-0.39, 0.29) is 11.4 Å². The van der Waals surface area contributed by atoms with Crippen LogP contribution in [-0.4, -0.2) is 36.5 Å². The predicted molar refractivity (Wildman–Crippen MR) is 107 cm³/mol. The lowest BCUT2D eigenvalue weighted by molar-refractivity contribution is -0.125. The van der Waals surface area contributed by atoms with Crippen molar-refractivity contribution in [1.29, 1.82) is 0 Å². The zero-order valence-corrected chi connectivity index (χ0v) is 16.2. The molecular weight excluding hydrogens is 336 g/mol. The van der Waals surface area contributed by atoms with E-state index in [1.165, 1.54) is 11.1 Å². The average molecular weight is 364 g/mol. The number of amides is 1. The number of nitrogens with one attached hydrogen (secondary N) is 1. The van der Waals surface area contributed by atoms with Crippen molar-refractivity contribution < 1.29 is 9.53 Å². The number of hydrogen-bond acceptors (Lipinski definition) is 3. The van der Waals surface area contributed by atoms with Gasteiger partial charge in [-0.05, 0) is 30.9 Å². The summed E-state index contributed by atoms with van der Waals surface area (Å²) >= 11 is 0. The Bertz CT molecular complexity index is 820. The number of methoxy groups -OCH3 is 1. The van der Waals surface area contributed by atoms with Crippen molar-refractivity contribution in [3.05, 3.63) is 65.2 Å². The van der Waals surface area contributed by atoms with Crippen LogP contribution in [0.4, 0.5) is 0 Å². The molecule has 0 aromatic heterocycles. The van der Waals surface area contributed by atoms with Crippen LogP contribution < -0.4 is 10.1 Å². The summed E-state index contributed by atoms with van der Waals surface area (Å²) in [6.45, 7) is 4.75. The van der Waals surface area contributed by atoms with Crippen LogP contribution in [0.5, 0.6) is 5.75 Å². The summed E-state index contributed by atoms with van der Waals surface area (Å²) in [6, 6.07) is 17.0. The monoisotopic (exact) mass is 364 g/mol. The maximum atomic E-state index is 12.3. The number of benzene rings is 2. The van der Waals surface area contributed by atoms with Gasteiger partial charge in [0.15, 0.2) is 0 Å². The normalized spacial score (nSPS) is 25.6. The standard InChI is InChI=1S/C23H28N2O2/c1-17-8-6-11-19(22(17)27-2)14-25-15-20(18-9-4-3-5-10-18)23(16-25)13-7-12-21(26)24-23/h3-6,8-11,20H,7,12-16H2,1-2H3,(H,24,26)/t20-,23+/m0/s1. The molecule has 2 aliphatic heterocycles. The Morgan fingerprint density at radius 1 is 1.19 bits per heavy atom. The SMILES string of the molecule is COc1c(C)cccc1CN1C[C@@H](c2ccccc2)[C@@]2(CCCC(=O)N2)C1. The molecule has 2 atom stereocenters. The van der Waals surface area contributed by atoms with E-state index in [4.69, 9.17) is 4.74 Å². The topological polar surface area (TPSA) is 41.6 Å². The number of carbonyl (C=O) groups is 1. The second kappa shape index (κ2) is 7.35. The second-order valence-corrected chi connectivity index (χ2v) is 7.96. The van der Waals surface area contributed by atoms with Crippen LogP contribution in [0.15, 0.2) is 48.5 Å². The molecule has 0 bridgehead atoms. The Kier molecular flexibility index (Phi) is 4.92. The van der Waals surface area contributed by atoms with Crippen molar-refractivity contribution in [2.24, 2.45) is 0 Å². The summed E-state index contributed by atoms with van der Waals surface area (Å²) in [7, 11) is 1.74. The van der Waals surface area contributed by atoms with Crippen molar-refractivity contribution in [3.8, 4) is 5.75 Å². The van der Waals surface area contributed by atoms with Crippen molar-refractivity contribution >= 4 is 5.91 Å². The Morgan fingerprint density at radius 2 is 2.00 bits per heavy atom. The predicted octanol–water partition coefficient (Wildman–Crippen LogP) is 3.64. The maximum absolute atomic E-state index is 12.3. The smallest absolute Gasteiger partial charge is 0.220 e. The molecule has 1 N–H and O–H groups in total. The molecule has 0 saturated carbocycles. The van der Waals surface area contributed by atoms with Crippen LogP contribution in [0.1, 0.15) is 41.9 Å². The van der Waals surface area contributed by atoms with E-state index in [1.54, 1.807) is 7.11 Å². The summed E-state index contributed by atoms with van der Waals surface area (Å²) in [4.78, 5) is 14.7. The molecule has 1 amide bonds. The van der Waals surface area contributed by atoms with Gasteiger partial charge in [-0.15, -0.1) is 0 Å². The zero-order chi connectivity index (χ0) is 18.9. The van der Waals surface area contributed by atoms with Crippen molar-refractivity contribution in [2.45, 2.75) is 44.2 Å². The van der Waals surface area contributed by atoms with Gasteiger partial charge in [-0.2, -0.15) is 0 Å². The van der Waals surface area contributed by atoms with E-state index < -0.39 is 0 Å². The van der Waals surface area contributed by atoms with E-state index in [2.05, 4.69) is 65.7 Å². The first kappa shape index (κ1) is 18.1. The Labute approximate surface area is 161 Å². The summed E-state index contributed by atoms with van der Waals surface area (Å²) in [5, 5.41) is 3.38. The van der Waals surface area contributed by atoms with E-state index in [9.17, 15) is 4.79 Å². The molecule has 4 rings (SSSR count). The summed E-state index contributed by atoms with van der Waals surface area (Å²) in [5.74, 6) is 1.48. The van der Waals surface area contributed by atoms with E-state index in [1.807, 2.05) is 0 Å². The molecule has 0 radical (unpaired) electrons. The lowest BCUT2D eigenvalue weighted by atomic mass is 9.76. The summed E-state index contributed by atoms with van der Waals surface area (Å²) < 4.78 is 5.66. The Balaban J connectivity index is 1.63. The second-order valence-electron chi connectivity index (χ2n) is 7.96. The van der Waals surface area contributed by atoms with Crippen molar-refractivity contribution in [1.82, 2.24) is 10.2 Å². The Morgan fingerprint density at radius 3 is 2.74 bits per heavy atom. The average Bonchev–Trinajstić information content (AvgIpc) is 2.99. The van der Waals surface area contributed by atoms with Crippen molar-refractivity contribution in [2.75, 3.05) is 20.2 Å². The molecule has 2 aliphatic rings. The largest absolute Gasteiger partial charge is 0.496 e. The van der Waals surface area contributed by atoms with Gasteiger partial charge in [0.05, 0.1) is 12.6 Å². The van der Waals surface area contributed by atoms with E-state index in [0.717, 1.165) is 43.8 Å². The van der Waals surface area contributed by atoms with Crippen LogP contribution in [0.25, 0.3) is 0 Å². The third-order valence-electron chi connectivity index (χ3n) is 6.12. The number of rotatable bonds is 4. The molecule has 2 fully saturated rings. The molecule has 142 valence electrons. The van der Waals surface area contributed by atoms with Crippen LogP contribution in [-0.2, 0) is 11.3 Å². The number of aryl methyl sites for hydroxylation is 1. The van der Waals surface area contributed by atoms with Gasteiger partial charge in [0.2, 0.25) is 5.91 Å². The minimum atomic E-state index is -0.159.